The number of aromatic nitrogens is 1. The van der Waals surface area contributed by atoms with E-state index in [1.54, 1.807) is 5.38 Å². The fraction of sp³-hybridized carbons (Fsp3) is 0.0556. The van der Waals surface area contributed by atoms with Crippen molar-refractivity contribution in [2.24, 2.45) is 0 Å². The third-order valence-electron chi connectivity index (χ3n) is 3.51. The first-order chi connectivity index (χ1) is 13.4. The number of thiazole rings is 1. The van der Waals surface area contributed by atoms with Crippen LogP contribution in [0.2, 0.25) is 0 Å². The molecule has 0 saturated heterocycles. The molecule has 10 heteroatoms. The SMILES string of the molecule is O=C(COC(=O)c1csc(-c2ccccc2)n1)Nc1ccc([N+](=O)[O-])cc1Br. The van der Waals surface area contributed by atoms with Gasteiger partial charge in [-0.25, -0.2) is 9.78 Å². The molecule has 1 aromatic heterocycles. The molecule has 28 heavy (non-hydrogen) atoms. The molecule has 3 rings (SSSR count). The number of esters is 1. The second kappa shape index (κ2) is 8.72. The molecule has 1 amide bonds. The summed E-state index contributed by atoms with van der Waals surface area (Å²) in [5, 5.41) is 15.5. The van der Waals surface area contributed by atoms with Gasteiger partial charge in [0, 0.05) is 27.5 Å². The molecule has 142 valence electrons. The lowest BCUT2D eigenvalue weighted by Crippen LogP contribution is -2.21. The molecule has 1 N–H and O–H groups in total. The molecule has 0 aliphatic heterocycles. The lowest BCUT2D eigenvalue weighted by atomic mass is 10.2. The van der Waals surface area contributed by atoms with Gasteiger partial charge >= 0.3 is 5.97 Å². The summed E-state index contributed by atoms with van der Waals surface area (Å²) in [7, 11) is 0. The molecule has 0 saturated carbocycles. The number of halogens is 1. The van der Waals surface area contributed by atoms with Gasteiger partial charge in [-0.2, -0.15) is 0 Å². The second-order valence-corrected chi connectivity index (χ2v) is 7.16. The van der Waals surface area contributed by atoms with Crippen LogP contribution in [0.25, 0.3) is 10.6 Å². The molecule has 0 aliphatic carbocycles. The van der Waals surface area contributed by atoms with Crippen LogP contribution in [0.5, 0.6) is 0 Å². The number of ether oxygens (including phenoxy) is 1. The Hall–Kier alpha value is -3.11. The molecule has 0 fully saturated rings. The number of nitro groups is 1. The number of nitrogens with zero attached hydrogens (tertiary/aromatic N) is 2. The molecular weight excluding hydrogens is 450 g/mol. The van der Waals surface area contributed by atoms with Gasteiger partial charge in [-0.15, -0.1) is 11.3 Å². The number of carbonyl (C=O) groups excluding carboxylic acids is 2. The van der Waals surface area contributed by atoms with Crippen molar-refractivity contribution in [1.29, 1.82) is 0 Å². The fourth-order valence-corrected chi connectivity index (χ4v) is 3.45. The van der Waals surface area contributed by atoms with Crippen LogP contribution < -0.4 is 5.32 Å². The number of non-ortho nitro benzene ring substituents is 1. The predicted molar refractivity (Wildman–Crippen MR) is 107 cm³/mol. The van der Waals surface area contributed by atoms with Crippen LogP contribution in [0.4, 0.5) is 11.4 Å². The first-order valence-corrected chi connectivity index (χ1v) is 9.53. The summed E-state index contributed by atoms with van der Waals surface area (Å²) in [5.41, 5.74) is 1.21. The van der Waals surface area contributed by atoms with E-state index in [9.17, 15) is 19.7 Å². The zero-order valence-corrected chi connectivity index (χ0v) is 16.5. The Morgan fingerprint density at radius 3 is 2.64 bits per heavy atom. The lowest BCUT2D eigenvalue weighted by molar-refractivity contribution is -0.384. The van der Waals surface area contributed by atoms with E-state index >= 15 is 0 Å². The molecule has 0 radical (unpaired) electrons. The molecule has 0 aliphatic rings. The van der Waals surface area contributed by atoms with Gasteiger partial charge in [-0.05, 0) is 22.0 Å². The maximum absolute atomic E-state index is 12.1. The topological polar surface area (TPSA) is 111 Å². The molecule has 0 bridgehead atoms. The number of amides is 1. The van der Waals surface area contributed by atoms with E-state index in [0.717, 1.165) is 5.56 Å². The highest BCUT2D eigenvalue weighted by Crippen LogP contribution is 2.27. The summed E-state index contributed by atoms with van der Waals surface area (Å²) in [5.74, 6) is -1.29. The maximum Gasteiger partial charge on any atom is 0.358 e. The molecule has 3 aromatic rings. The molecule has 0 atom stereocenters. The first kappa shape index (κ1) is 19.6. The van der Waals surface area contributed by atoms with E-state index in [-0.39, 0.29) is 11.4 Å². The minimum absolute atomic E-state index is 0.117. The number of nitro benzene ring substituents is 1. The largest absolute Gasteiger partial charge is 0.451 e. The number of rotatable bonds is 6. The van der Waals surface area contributed by atoms with E-state index in [1.165, 1.54) is 29.5 Å². The van der Waals surface area contributed by atoms with Crippen molar-refractivity contribution in [1.82, 2.24) is 4.98 Å². The van der Waals surface area contributed by atoms with Gasteiger partial charge in [0.2, 0.25) is 0 Å². The van der Waals surface area contributed by atoms with Crippen LogP contribution in [0.15, 0.2) is 58.4 Å². The Bertz CT molecular complexity index is 1040. The van der Waals surface area contributed by atoms with E-state index in [4.69, 9.17) is 4.74 Å². The fourth-order valence-electron chi connectivity index (χ4n) is 2.19. The number of nitrogens with one attached hydrogen (secondary N) is 1. The Labute approximate surface area is 171 Å². The third-order valence-corrected chi connectivity index (χ3v) is 5.05. The molecule has 0 spiro atoms. The normalized spacial score (nSPS) is 10.3. The van der Waals surface area contributed by atoms with Gasteiger partial charge in [0.15, 0.2) is 12.3 Å². The zero-order valence-electron chi connectivity index (χ0n) is 14.1. The summed E-state index contributed by atoms with van der Waals surface area (Å²) in [4.78, 5) is 38.5. The summed E-state index contributed by atoms with van der Waals surface area (Å²) in [6, 6.07) is 13.3. The van der Waals surface area contributed by atoms with Gasteiger partial charge in [0.1, 0.15) is 5.01 Å². The van der Waals surface area contributed by atoms with Crippen LogP contribution in [-0.4, -0.2) is 28.4 Å². The Morgan fingerprint density at radius 2 is 1.96 bits per heavy atom. The van der Waals surface area contributed by atoms with Gasteiger partial charge < -0.3 is 10.1 Å². The highest BCUT2D eigenvalue weighted by molar-refractivity contribution is 9.10. The van der Waals surface area contributed by atoms with Gasteiger partial charge in [0.25, 0.3) is 11.6 Å². The highest BCUT2D eigenvalue weighted by atomic mass is 79.9. The maximum atomic E-state index is 12.1. The number of hydrogen-bond acceptors (Lipinski definition) is 7. The van der Waals surface area contributed by atoms with Crippen molar-refractivity contribution in [3.63, 3.8) is 0 Å². The van der Waals surface area contributed by atoms with E-state index in [1.807, 2.05) is 30.3 Å². The van der Waals surface area contributed by atoms with Crippen molar-refractivity contribution in [3.05, 3.63) is 74.2 Å². The molecule has 8 nitrogen and oxygen atoms in total. The Kier molecular flexibility index (Phi) is 6.12. The van der Waals surface area contributed by atoms with Crippen molar-refractivity contribution in [2.75, 3.05) is 11.9 Å². The van der Waals surface area contributed by atoms with Crippen LogP contribution in [0.1, 0.15) is 10.5 Å². The molecule has 1 heterocycles. The van der Waals surface area contributed by atoms with Crippen molar-refractivity contribution in [2.45, 2.75) is 0 Å². The summed E-state index contributed by atoms with van der Waals surface area (Å²) < 4.78 is 5.32. The van der Waals surface area contributed by atoms with Gasteiger partial charge in [0.05, 0.1) is 10.6 Å². The number of benzene rings is 2. The van der Waals surface area contributed by atoms with Crippen LogP contribution >= 0.6 is 27.3 Å². The number of hydrogen-bond donors (Lipinski definition) is 1. The van der Waals surface area contributed by atoms with Crippen LogP contribution in [0.3, 0.4) is 0 Å². The predicted octanol–water partition coefficient (Wildman–Crippen LogP) is 4.28. The molecule has 2 aromatic carbocycles. The minimum Gasteiger partial charge on any atom is -0.451 e. The van der Waals surface area contributed by atoms with Crippen LogP contribution in [-0.2, 0) is 9.53 Å². The quantitative estimate of drug-likeness (QED) is 0.333. The van der Waals surface area contributed by atoms with E-state index < -0.39 is 23.4 Å². The lowest BCUT2D eigenvalue weighted by Gasteiger charge is -2.07. The van der Waals surface area contributed by atoms with Crippen molar-refractivity contribution >= 4 is 50.5 Å². The van der Waals surface area contributed by atoms with Gasteiger partial charge in [-0.3, -0.25) is 14.9 Å². The van der Waals surface area contributed by atoms with Crippen molar-refractivity contribution in [3.8, 4) is 10.6 Å². The first-order valence-electron chi connectivity index (χ1n) is 7.86. The summed E-state index contributed by atoms with van der Waals surface area (Å²) in [6.45, 7) is -0.513. The second-order valence-electron chi connectivity index (χ2n) is 5.45. The summed E-state index contributed by atoms with van der Waals surface area (Å²) in [6.07, 6.45) is 0. The van der Waals surface area contributed by atoms with Crippen molar-refractivity contribution < 1.29 is 19.2 Å². The number of anilines is 1. The highest BCUT2D eigenvalue weighted by Gasteiger charge is 2.16. The number of carbonyl (C=O) groups is 2. The standard InChI is InChI=1S/C18H12BrN3O5S/c19-13-8-12(22(25)26)6-7-14(13)20-16(23)9-27-18(24)15-10-28-17(21-15)11-4-2-1-3-5-11/h1-8,10H,9H2,(H,20,23). The third kappa shape index (κ3) is 4.78. The van der Waals surface area contributed by atoms with E-state index in [0.29, 0.717) is 15.2 Å². The van der Waals surface area contributed by atoms with Gasteiger partial charge in [-0.1, -0.05) is 30.3 Å². The molecular formula is C18H12BrN3O5S. The zero-order chi connectivity index (χ0) is 20.1. The Morgan fingerprint density at radius 1 is 1.21 bits per heavy atom. The smallest absolute Gasteiger partial charge is 0.358 e. The molecule has 0 unspecified atom stereocenters. The van der Waals surface area contributed by atoms with Crippen LogP contribution in [0, 0.1) is 10.1 Å². The minimum atomic E-state index is -0.712. The summed E-state index contributed by atoms with van der Waals surface area (Å²) >= 11 is 4.45. The average molecular weight is 462 g/mol. The van der Waals surface area contributed by atoms with E-state index in [2.05, 4.69) is 26.2 Å². The Balaban J connectivity index is 1.57. The average Bonchev–Trinajstić information content (AvgIpc) is 3.18. The monoisotopic (exact) mass is 461 g/mol.